The van der Waals surface area contributed by atoms with Crippen molar-refractivity contribution in [1.82, 2.24) is 0 Å². The predicted octanol–water partition coefficient (Wildman–Crippen LogP) is 23.1. The first-order chi connectivity index (χ1) is 46.9. The van der Waals surface area contributed by atoms with Gasteiger partial charge in [-0.25, -0.2) is 9.13 Å². The van der Waals surface area contributed by atoms with Gasteiger partial charge in [-0.2, -0.15) is 0 Å². The standard InChI is InChI=1S/C78H152O17P2/c1-7-9-11-13-15-17-19-21-23-24-26-28-34-38-44-51-57-63-77(82)94-73(66-88-75(80)60-54-48-42-36-32-30-29-31-35-40-46-52-58-70(3)4)68-92-96(84,85)90-64-72(79)65-91-97(86,87)93-69-74(67-89-76(81)61-55-49-45-39-41-47-53-59-71(5)6)95-78(83)62-56-50-43-37-33-27-25-22-20-18-16-14-12-10-8-2/h70-74,79H,7-69H2,1-6H3,(H,84,85)(H,86,87)/t72-,73-,74-/m1/s1. The average molecular weight is 1420 g/mol. The van der Waals surface area contributed by atoms with E-state index in [2.05, 4.69) is 41.5 Å². The summed E-state index contributed by atoms with van der Waals surface area (Å²) in [6, 6.07) is 0. The summed E-state index contributed by atoms with van der Waals surface area (Å²) in [4.78, 5) is 72.9. The molecule has 0 saturated heterocycles. The zero-order valence-corrected chi connectivity index (χ0v) is 65.2. The highest BCUT2D eigenvalue weighted by molar-refractivity contribution is 7.47. The maximum Gasteiger partial charge on any atom is 0.472 e. The Kier molecular flexibility index (Phi) is 68.4. The Morgan fingerprint density at radius 2 is 0.474 bits per heavy atom. The largest absolute Gasteiger partial charge is 0.472 e. The van der Waals surface area contributed by atoms with Crippen molar-refractivity contribution in [2.45, 2.75) is 426 Å². The van der Waals surface area contributed by atoms with Gasteiger partial charge in [-0.15, -0.1) is 0 Å². The Labute approximate surface area is 594 Å². The Balaban J connectivity index is 5.25. The highest BCUT2D eigenvalue weighted by Crippen LogP contribution is 2.45. The number of aliphatic hydroxyl groups excluding tert-OH is 1. The zero-order valence-electron chi connectivity index (χ0n) is 63.4. The molecule has 0 heterocycles. The van der Waals surface area contributed by atoms with Crippen molar-refractivity contribution in [3.8, 4) is 0 Å². The maximum absolute atomic E-state index is 13.1. The monoisotopic (exact) mass is 1420 g/mol. The van der Waals surface area contributed by atoms with Crippen molar-refractivity contribution >= 4 is 39.5 Å². The molecule has 0 aromatic rings. The van der Waals surface area contributed by atoms with Gasteiger partial charge in [0.25, 0.3) is 0 Å². The number of phosphoric ester groups is 2. The molecule has 0 radical (unpaired) electrons. The molecule has 0 aliphatic rings. The van der Waals surface area contributed by atoms with Gasteiger partial charge >= 0.3 is 39.5 Å². The minimum absolute atomic E-state index is 0.107. The number of carbonyl (C=O) groups excluding carboxylic acids is 4. The van der Waals surface area contributed by atoms with E-state index in [1.54, 1.807) is 0 Å². The molecule has 0 bridgehead atoms. The minimum Gasteiger partial charge on any atom is -0.462 e. The third kappa shape index (κ3) is 72.2. The highest BCUT2D eigenvalue weighted by Gasteiger charge is 2.30. The molecule has 0 rings (SSSR count). The van der Waals surface area contributed by atoms with Crippen molar-refractivity contribution < 1.29 is 80.2 Å². The molecule has 0 spiro atoms. The Hall–Kier alpha value is -1.94. The zero-order chi connectivity index (χ0) is 71.4. The van der Waals surface area contributed by atoms with E-state index in [-0.39, 0.29) is 25.7 Å². The number of carbonyl (C=O) groups is 4. The average Bonchev–Trinajstić information content (AvgIpc) is 1.32. The summed E-state index contributed by atoms with van der Waals surface area (Å²) in [6.07, 6.45) is 58.3. The van der Waals surface area contributed by atoms with Crippen molar-refractivity contribution in [2.24, 2.45) is 11.8 Å². The lowest BCUT2D eigenvalue weighted by Crippen LogP contribution is -2.30. The van der Waals surface area contributed by atoms with E-state index in [9.17, 15) is 43.2 Å². The van der Waals surface area contributed by atoms with Crippen LogP contribution in [-0.2, 0) is 65.4 Å². The second kappa shape index (κ2) is 69.8. The van der Waals surface area contributed by atoms with Crippen molar-refractivity contribution in [3.63, 3.8) is 0 Å². The molecule has 0 aromatic carbocycles. The summed E-state index contributed by atoms with van der Waals surface area (Å²) in [5.41, 5.74) is 0. The smallest absolute Gasteiger partial charge is 0.462 e. The molecule has 5 atom stereocenters. The van der Waals surface area contributed by atoms with Crippen molar-refractivity contribution in [3.05, 3.63) is 0 Å². The van der Waals surface area contributed by atoms with E-state index >= 15 is 0 Å². The predicted molar refractivity (Wildman–Crippen MR) is 395 cm³/mol. The third-order valence-corrected chi connectivity index (χ3v) is 20.1. The maximum atomic E-state index is 13.1. The molecule has 17 nitrogen and oxygen atoms in total. The number of aliphatic hydroxyl groups is 1. The molecule has 0 saturated carbocycles. The van der Waals surface area contributed by atoms with Crippen LogP contribution in [0, 0.1) is 11.8 Å². The number of hydrogen-bond donors (Lipinski definition) is 3. The fraction of sp³-hybridized carbons (Fsp3) is 0.949. The molecule has 0 aliphatic heterocycles. The van der Waals surface area contributed by atoms with Gasteiger partial charge in [-0.1, -0.05) is 356 Å². The molecule has 0 amide bonds. The molecule has 0 fully saturated rings. The number of phosphoric acid groups is 2. The van der Waals surface area contributed by atoms with E-state index in [0.717, 1.165) is 102 Å². The van der Waals surface area contributed by atoms with E-state index in [0.29, 0.717) is 31.6 Å². The highest BCUT2D eigenvalue weighted by atomic mass is 31.2. The van der Waals surface area contributed by atoms with Crippen LogP contribution in [0.2, 0.25) is 0 Å². The minimum atomic E-state index is -4.96. The second-order valence-corrected chi connectivity index (χ2v) is 32.0. The Morgan fingerprint density at radius 1 is 0.278 bits per heavy atom. The first-order valence-corrected chi connectivity index (χ1v) is 43.5. The Morgan fingerprint density at radius 3 is 0.701 bits per heavy atom. The molecular weight excluding hydrogens is 1270 g/mol. The van der Waals surface area contributed by atoms with Gasteiger partial charge in [0.1, 0.15) is 19.3 Å². The van der Waals surface area contributed by atoms with Crippen LogP contribution in [0.3, 0.4) is 0 Å². The van der Waals surface area contributed by atoms with E-state index in [1.165, 1.54) is 218 Å². The number of hydrogen-bond acceptors (Lipinski definition) is 15. The lowest BCUT2D eigenvalue weighted by atomic mass is 10.0. The van der Waals surface area contributed by atoms with Gasteiger partial charge in [0.05, 0.1) is 26.4 Å². The SMILES string of the molecule is CCCCCCCCCCCCCCCCCCCC(=O)O[C@H](COC(=O)CCCCCCCCCCCCCCC(C)C)COP(=O)(O)OC[C@@H](O)COP(=O)(O)OC[C@@H](COC(=O)CCCCCCCCCC(C)C)OC(=O)CCCCCCCCCCCCCCCCC. The first kappa shape index (κ1) is 95.1. The van der Waals surface area contributed by atoms with E-state index in [4.69, 9.17) is 37.0 Å². The molecule has 2 unspecified atom stereocenters. The van der Waals surface area contributed by atoms with Crippen LogP contribution < -0.4 is 0 Å². The third-order valence-electron chi connectivity index (χ3n) is 18.2. The molecule has 3 N–H and O–H groups in total. The van der Waals surface area contributed by atoms with Gasteiger partial charge in [0, 0.05) is 25.7 Å². The van der Waals surface area contributed by atoms with Crippen LogP contribution in [0.5, 0.6) is 0 Å². The van der Waals surface area contributed by atoms with Crippen LogP contribution >= 0.6 is 15.6 Å². The van der Waals surface area contributed by atoms with Gasteiger partial charge in [0.15, 0.2) is 12.2 Å². The molecule has 576 valence electrons. The fourth-order valence-corrected chi connectivity index (χ4v) is 13.6. The molecular formula is C78H152O17P2. The summed E-state index contributed by atoms with van der Waals surface area (Å²) in [6.45, 7) is 9.58. The van der Waals surface area contributed by atoms with Gasteiger partial charge in [0.2, 0.25) is 0 Å². The molecule has 0 aliphatic carbocycles. The van der Waals surface area contributed by atoms with E-state index in [1.807, 2.05) is 0 Å². The normalized spacial score (nSPS) is 14.0. The van der Waals surface area contributed by atoms with Crippen molar-refractivity contribution in [1.29, 1.82) is 0 Å². The molecule has 97 heavy (non-hydrogen) atoms. The topological polar surface area (TPSA) is 237 Å². The lowest BCUT2D eigenvalue weighted by Gasteiger charge is -2.21. The van der Waals surface area contributed by atoms with Crippen molar-refractivity contribution in [2.75, 3.05) is 39.6 Å². The first-order valence-electron chi connectivity index (χ1n) is 40.5. The summed E-state index contributed by atoms with van der Waals surface area (Å²) in [5.74, 6) is -0.625. The quantitative estimate of drug-likeness (QED) is 0.0222. The van der Waals surface area contributed by atoms with Crippen LogP contribution in [0.15, 0.2) is 0 Å². The van der Waals surface area contributed by atoms with Gasteiger partial charge in [-0.3, -0.25) is 37.3 Å². The van der Waals surface area contributed by atoms with Gasteiger partial charge < -0.3 is 33.8 Å². The number of ether oxygens (including phenoxy) is 4. The van der Waals surface area contributed by atoms with Crippen LogP contribution in [0.4, 0.5) is 0 Å². The van der Waals surface area contributed by atoms with Crippen LogP contribution in [0.1, 0.15) is 408 Å². The number of rotatable bonds is 77. The summed E-state index contributed by atoms with van der Waals surface area (Å²) >= 11 is 0. The van der Waals surface area contributed by atoms with Crippen LogP contribution in [0.25, 0.3) is 0 Å². The fourth-order valence-electron chi connectivity index (χ4n) is 12.0. The lowest BCUT2D eigenvalue weighted by molar-refractivity contribution is -0.161. The number of unbranched alkanes of at least 4 members (excludes halogenated alkanes) is 47. The number of esters is 4. The van der Waals surface area contributed by atoms with E-state index < -0.39 is 97.5 Å². The molecule has 19 heteroatoms. The summed E-state index contributed by atoms with van der Waals surface area (Å²) in [7, 11) is -9.91. The van der Waals surface area contributed by atoms with Gasteiger partial charge in [-0.05, 0) is 37.5 Å². The summed E-state index contributed by atoms with van der Waals surface area (Å²) < 4.78 is 68.6. The molecule has 0 aromatic heterocycles. The second-order valence-electron chi connectivity index (χ2n) is 29.1. The summed E-state index contributed by atoms with van der Waals surface area (Å²) in [5, 5.41) is 10.6. The van der Waals surface area contributed by atoms with Crippen LogP contribution in [-0.4, -0.2) is 96.7 Å². The Bertz CT molecular complexity index is 1870.